The van der Waals surface area contributed by atoms with Crippen LogP contribution in [0.2, 0.25) is 5.02 Å². The van der Waals surface area contributed by atoms with E-state index < -0.39 is 23.7 Å². The third kappa shape index (κ3) is 4.69. The van der Waals surface area contributed by atoms with Crippen LogP contribution in [-0.2, 0) is 9.59 Å². The molecular weight excluding hydrogens is 427 g/mol. The highest BCUT2D eigenvalue weighted by Gasteiger charge is 2.38. The van der Waals surface area contributed by atoms with Gasteiger partial charge in [0.15, 0.2) is 11.5 Å². The standard InChI is InChI=1S/C22H20ClFN2O5/c1-3-9-31-19-15(23)11-13(12-18(19)30-4-2)10-14-20(27)25-22(29)26(21(14)28)17-8-6-5-7-16(17)24/h5-8,10-12H,3-4,9H2,1-2H3,(H,25,27,29)/b14-10-. The number of carbonyl (C=O) groups excluding carboxylic acids is 3. The molecule has 0 unspecified atom stereocenters. The van der Waals surface area contributed by atoms with Crippen LogP contribution < -0.4 is 19.7 Å². The molecule has 1 aliphatic heterocycles. The summed E-state index contributed by atoms with van der Waals surface area (Å²) >= 11 is 6.33. The van der Waals surface area contributed by atoms with Gasteiger partial charge < -0.3 is 9.47 Å². The molecule has 3 rings (SSSR count). The summed E-state index contributed by atoms with van der Waals surface area (Å²) in [5.41, 5.74) is -0.248. The van der Waals surface area contributed by atoms with Gasteiger partial charge in [0.25, 0.3) is 11.8 Å². The molecule has 0 radical (unpaired) electrons. The maximum absolute atomic E-state index is 14.2. The molecule has 0 bridgehead atoms. The number of imide groups is 2. The van der Waals surface area contributed by atoms with Crippen LogP contribution in [0.3, 0.4) is 0 Å². The van der Waals surface area contributed by atoms with Crippen LogP contribution in [0.25, 0.3) is 6.08 Å². The van der Waals surface area contributed by atoms with E-state index in [1.54, 1.807) is 13.0 Å². The van der Waals surface area contributed by atoms with E-state index in [-0.39, 0.29) is 16.3 Å². The molecule has 0 spiro atoms. The van der Waals surface area contributed by atoms with Crippen LogP contribution >= 0.6 is 11.6 Å². The number of anilines is 1. The Kier molecular flexibility index (Phi) is 6.91. The quantitative estimate of drug-likeness (QED) is 0.505. The van der Waals surface area contributed by atoms with Gasteiger partial charge in [0, 0.05) is 0 Å². The molecule has 1 N–H and O–H groups in total. The fraction of sp³-hybridized carbons (Fsp3) is 0.227. The van der Waals surface area contributed by atoms with Gasteiger partial charge in [-0.15, -0.1) is 0 Å². The zero-order valence-electron chi connectivity index (χ0n) is 16.9. The van der Waals surface area contributed by atoms with Crippen LogP contribution in [0.4, 0.5) is 14.9 Å². The van der Waals surface area contributed by atoms with Crippen LogP contribution in [0.15, 0.2) is 42.0 Å². The molecule has 31 heavy (non-hydrogen) atoms. The van der Waals surface area contributed by atoms with Crippen molar-refractivity contribution in [2.24, 2.45) is 0 Å². The Hall–Kier alpha value is -3.39. The number of hydrogen-bond acceptors (Lipinski definition) is 5. The van der Waals surface area contributed by atoms with Gasteiger partial charge in [-0.2, -0.15) is 0 Å². The highest BCUT2D eigenvalue weighted by molar-refractivity contribution is 6.39. The molecule has 1 saturated heterocycles. The molecule has 0 aliphatic carbocycles. The minimum absolute atomic E-state index is 0.233. The topological polar surface area (TPSA) is 84.9 Å². The van der Waals surface area contributed by atoms with Gasteiger partial charge in [-0.1, -0.05) is 30.7 Å². The Morgan fingerprint density at radius 2 is 1.87 bits per heavy atom. The smallest absolute Gasteiger partial charge is 0.336 e. The van der Waals surface area contributed by atoms with Gasteiger partial charge >= 0.3 is 6.03 Å². The monoisotopic (exact) mass is 446 g/mol. The lowest BCUT2D eigenvalue weighted by molar-refractivity contribution is -0.122. The van der Waals surface area contributed by atoms with Crippen molar-refractivity contribution in [2.45, 2.75) is 20.3 Å². The lowest BCUT2D eigenvalue weighted by Crippen LogP contribution is -2.54. The van der Waals surface area contributed by atoms with E-state index in [0.717, 1.165) is 12.5 Å². The first-order chi connectivity index (χ1) is 14.9. The maximum Gasteiger partial charge on any atom is 0.336 e. The number of benzene rings is 2. The average Bonchev–Trinajstić information content (AvgIpc) is 2.72. The molecule has 0 atom stereocenters. The first-order valence-electron chi connectivity index (χ1n) is 9.62. The first-order valence-corrected chi connectivity index (χ1v) is 10.00. The fourth-order valence-electron chi connectivity index (χ4n) is 2.95. The third-order valence-corrected chi connectivity index (χ3v) is 4.57. The molecule has 7 nitrogen and oxygen atoms in total. The molecular formula is C22H20ClFN2O5. The largest absolute Gasteiger partial charge is 0.490 e. The number of para-hydroxylation sites is 1. The summed E-state index contributed by atoms with van der Waals surface area (Å²) in [6.45, 7) is 4.51. The van der Waals surface area contributed by atoms with E-state index >= 15 is 0 Å². The van der Waals surface area contributed by atoms with Gasteiger partial charge in [-0.05, 0) is 49.2 Å². The van der Waals surface area contributed by atoms with Gasteiger partial charge in [0.2, 0.25) is 0 Å². The summed E-state index contributed by atoms with van der Waals surface area (Å²) in [5, 5.41) is 2.29. The number of hydrogen-bond donors (Lipinski definition) is 1. The number of rotatable bonds is 7. The maximum atomic E-state index is 14.2. The van der Waals surface area contributed by atoms with Crippen LogP contribution in [0.1, 0.15) is 25.8 Å². The normalized spacial score (nSPS) is 15.3. The lowest BCUT2D eigenvalue weighted by Gasteiger charge is -2.26. The Labute approximate surface area is 183 Å². The number of nitrogens with one attached hydrogen (secondary N) is 1. The second-order valence-electron chi connectivity index (χ2n) is 6.52. The van der Waals surface area contributed by atoms with E-state index in [9.17, 15) is 18.8 Å². The fourth-order valence-corrected chi connectivity index (χ4v) is 3.23. The number of barbiturate groups is 1. The second-order valence-corrected chi connectivity index (χ2v) is 6.93. The number of halogens is 2. The molecule has 9 heteroatoms. The number of nitrogens with zero attached hydrogens (tertiary/aromatic N) is 1. The van der Waals surface area contributed by atoms with Crippen molar-refractivity contribution in [3.8, 4) is 11.5 Å². The van der Waals surface area contributed by atoms with Crippen molar-refractivity contribution < 1.29 is 28.2 Å². The summed E-state index contributed by atoms with van der Waals surface area (Å²) in [5.74, 6) is -1.93. The van der Waals surface area contributed by atoms with Gasteiger partial charge in [0.05, 0.1) is 23.9 Å². The number of urea groups is 1. The predicted octanol–water partition coefficient (Wildman–Crippen LogP) is 4.33. The van der Waals surface area contributed by atoms with E-state index in [2.05, 4.69) is 5.32 Å². The van der Waals surface area contributed by atoms with Crippen molar-refractivity contribution >= 4 is 41.2 Å². The van der Waals surface area contributed by atoms with Crippen LogP contribution in [-0.4, -0.2) is 31.1 Å². The molecule has 2 aromatic rings. The highest BCUT2D eigenvalue weighted by Crippen LogP contribution is 2.37. The van der Waals surface area contributed by atoms with Gasteiger partial charge in [0.1, 0.15) is 11.4 Å². The van der Waals surface area contributed by atoms with Crippen molar-refractivity contribution in [1.29, 1.82) is 0 Å². The lowest BCUT2D eigenvalue weighted by atomic mass is 10.1. The summed E-state index contributed by atoms with van der Waals surface area (Å²) in [6.07, 6.45) is 2.03. The zero-order chi connectivity index (χ0) is 22.5. The predicted molar refractivity (Wildman–Crippen MR) is 114 cm³/mol. The number of amides is 4. The molecule has 2 aromatic carbocycles. The van der Waals surface area contributed by atoms with Crippen molar-refractivity contribution in [3.63, 3.8) is 0 Å². The Bertz CT molecular complexity index is 1070. The minimum atomic E-state index is -1.03. The van der Waals surface area contributed by atoms with Crippen molar-refractivity contribution in [1.82, 2.24) is 5.32 Å². The molecule has 1 fully saturated rings. The SMILES string of the molecule is CCCOc1c(Cl)cc(/C=C2/C(=O)NC(=O)N(c3ccccc3F)C2=O)cc1OCC. The van der Waals surface area contributed by atoms with E-state index in [4.69, 9.17) is 21.1 Å². The summed E-state index contributed by atoms with van der Waals surface area (Å²) in [6, 6.07) is 7.32. The molecule has 1 heterocycles. The van der Waals surface area contributed by atoms with Gasteiger partial charge in [-0.25, -0.2) is 14.1 Å². The van der Waals surface area contributed by atoms with E-state index in [1.807, 2.05) is 6.92 Å². The molecule has 0 aromatic heterocycles. The Morgan fingerprint density at radius 3 is 2.55 bits per heavy atom. The third-order valence-electron chi connectivity index (χ3n) is 4.29. The molecule has 162 valence electrons. The summed E-state index contributed by atoms with van der Waals surface area (Å²) in [4.78, 5) is 38.1. The zero-order valence-corrected chi connectivity index (χ0v) is 17.7. The van der Waals surface area contributed by atoms with E-state index in [1.165, 1.54) is 30.3 Å². The number of ether oxygens (including phenoxy) is 2. The van der Waals surface area contributed by atoms with Gasteiger partial charge in [-0.3, -0.25) is 14.9 Å². The minimum Gasteiger partial charge on any atom is -0.490 e. The Balaban J connectivity index is 2.03. The average molecular weight is 447 g/mol. The summed E-state index contributed by atoms with van der Waals surface area (Å²) in [7, 11) is 0. The second kappa shape index (κ2) is 9.61. The van der Waals surface area contributed by atoms with Crippen molar-refractivity contribution in [3.05, 3.63) is 58.4 Å². The molecule has 1 aliphatic rings. The van der Waals surface area contributed by atoms with Crippen molar-refractivity contribution in [2.75, 3.05) is 18.1 Å². The molecule has 0 saturated carbocycles. The number of carbonyl (C=O) groups is 3. The van der Waals surface area contributed by atoms with Crippen LogP contribution in [0, 0.1) is 5.82 Å². The molecule has 4 amide bonds. The Morgan fingerprint density at radius 1 is 1.13 bits per heavy atom. The van der Waals surface area contributed by atoms with Crippen LogP contribution in [0.5, 0.6) is 11.5 Å². The highest BCUT2D eigenvalue weighted by atomic mass is 35.5. The first kappa shape index (κ1) is 22.3. The summed E-state index contributed by atoms with van der Waals surface area (Å²) < 4.78 is 25.4. The van der Waals surface area contributed by atoms with E-state index in [0.29, 0.717) is 35.2 Å².